The molecule has 2 rings (SSSR count). The quantitative estimate of drug-likeness (QED) is 0.301. The van der Waals surface area contributed by atoms with Crippen LogP contribution in [-0.2, 0) is 14.4 Å². The normalized spacial score (nSPS) is 23.2. The van der Waals surface area contributed by atoms with Gasteiger partial charge in [-0.1, -0.05) is 30.7 Å². The molecule has 0 aliphatic heterocycles. The van der Waals surface area contributed by atoms with Crippen molar-refractivity contribution in [3.63, 3.8) is 0 Å². The van der Waals surface area contributed by atoms with Crippen LogP contribution in [0.2, 0.25) is 0 Å². The average molecular weight is 493 g/mol. The van der Waals surface area contributed by atoms with Crippen LogP contribution in [-0.4, -0.2) is 72.6 Å². The fourth-order valence-corrected chi connectivity index (χ4v) is 4.96. The number of hydrogen-bond donors (Lipinski definition) is 2. The maximum atomic E-state index is 11.9. The summed E-state index contributed by atoms with van der Waals surface area (Å²) in [6, 6.07) is 0. The Hall–Kier alpha value is -2.15. The molecule has 0 spiro atoms. The Kier molecular flexibility index (Phi) is 13.9. The van der Waals surface area contributed by atoms with Crippen LogP contribution in [0.25, 0.3) is 0 Å². The number of amides is 2. The lowest BCUT2D eigenvalue weighted by Crippen LogP contribution is -2.31. The third kappa shape index (κ3) is 11.9. The lowest BCUT2D eigenvalue weighted by molar-refractivity contribution is -0.137. The van der Waals surface area contributed by atoms with Crippen molar-refractivity contribution < 1.29 is 24.6 Å². The molecule has 35 heavy (non-hydrogen) atoms. The lowest BCUT2D eigenvalue weighted by Gasteiger charge is -2.33. The second-order valence-electron chi connectivity index (χ2n) is 10.7. The first-order chi connectivity index (χ1) is 16.5. The zero-order chi connectivity index (χ0) is 26.3. The van der Waals surface area contributed by atoms with Gasteiger partial charge in [-0.3, -0.25) is 14.4 Å². The van der Waals surface area contributed by atoms with E-state index in [1.54, 1.807) is 23.9 Å². The minimum absolute atomic E-state index is 0.0504. The lowest BCUT2D eigenvalue weighted by atomic mass is 9.72. The van der Waals surface area contributed by atoms with E-state index >= 15 is 0 Å². The van der Waals surface area contributed by atoms with Gasteiger partial charge >= 0.3 is 5.97 Å². The number of unbranched alkanes of at least 4 members (excludes halogenated alkanes) is 1. The van der Waals surface area contributed by atoms with Crippen LogP contribution in [0.5, 0.6) is 0 Å². The van der Waals surface area contributed by atoms with Crippen molar-refractivity contribution in [2.24, 2.45) is 10.8 Å². The number of aliphatic hydroxyl groups excluding tert-OH is 1. The Labute approximate surface area is 212 Å². The van der Waals surface area contributed by atoms with Crippen LogP contribution in [0, 0.1) is 10.8 Å². The van der Waals surface area contributed by atoms with Gasteiger partial charge in [0, 0.05) is 54.1 Å². The number of nitrogens with zero attached hydrogens (tertiary/aromatic N) is 2. The Morgan fingerprint density at radius 1 is 0.771 bits per heavy atom. The Bertz CT molecular complexity index is 731. The molecule has 0 aromatic carbocycles. The van der Waals surface area contributed by atoms with Gasteiger partial charge < -0.3 is 20.0 Å². The number of aliphatic hydroxyl groups is 1. The number of allylic oxidation sites excluding steroid dienone is 4. The molecule has 2 amide bonds. The van der Waals surface area contributed by atoms with E-state index in [1.165, 1.54) is 6.42 Å². The average Bonchev–Trinajstić information content (AvgIpc) is 2.80. The molecule has 0 saturated heterocycles. The third-order valence-corrected chi connectivity index (χ3v) is 7.19. The van der Waals surface area contributed by atoms with Crippen molar-refractivity contribution in [1.82, 2.24) is 9.80 Å². The number of carboxylic acid groups (broad SMARTS) is 1. The zero-order valence-corrected chi connectivity index (χ0v) is 22.4. The smallest absolute Gasteiger partial charge is 0.303 e. The maximum absolute atomic E-state index is 11.9. The summed E-state index contributed by atoms with van der Waals surface area (Å²) < 4.78 is 0. The minimum atomic E-state index is -0.760. The second kappa shape index (κ2) is 15.8. The molecule has 0 aromatic heterocycles. The van der Waals surface area contributed by atoms with Gasteiger partial charge in [0.1, 0.15) is 0 Å². The van der Waals surface area contributed by atoms with Gasteiger partial charge in [-0.2, -0.15) is 0 Å². The first-order valence-corrected chi connectivity index (χ1v) is 13.1. The molecule has 2 aliphatic carbocycles. The number of carbonyl (C=O) groups is 3. The summed E-state index contributed by atoms with van der Waals surface area (Å²) in [7, 11) is 7.16. The van der Waals surface area contributed by atoms with Crippen molar-refractivity contribution in [1.29, 1.82) is 0 Å². The summed E-state index contributed by atoms with van der Waals surface area (Å²) in [4.78, 5) is 37.7. The largest absolute Gasteiger partial charge is 0.481 e. The predicted octanol–water partition coefficient (Wildman–Crippen LogP) is 4.80. The summed E-state index contributed by atoms with van der Waals surface area (Å²) in [6.45, 7) is 0.251. The number of aliphatic carboxylic acids is 1. The molecule has 2 atom stereocenters. The highest BCUT2D eigenvalue weighted by atomic mass is 16.4. The van der Waals surface area contributed by atoms with Gasteiger partial charge in [0.05, 0.1) is 0 Å². The van der Waals surface area contributed by atoms with Gasteiger partial charge in [0.25, 0.3) is 0 Å². The van der Waals surface area contributed by atoms with Crippen LogP contribution in [0.4, 0.5) is 0 Å². The van der Waals surface area contributed by atoms with Crippen molar-refractivity contribution in [2.75, 3.05) is 34.8 Å². The third-order valence-electron chi connectivity index (χ3n) is 7.19. The fraction of sp³-hybridized carbons (Fsp3) is 0.750. The highest BCUT2D eigenvalue weighted by molar-refractivity contribution is 5.77. The number of rotatable bonds is 12. The van der Waals surface area contributed by atoms with Crippen molar-refractivity contribution in [2.45, 2.75) is 89.9 Å². The van der Waals surface area contributed by atoms with Crippen molar-refractivity contribution in [3.05, 3.63) is 24.3 Å². The van der Waals surface area contributed by atoms with Crippen LogP contribution >= 0.6 is 0 Å². The molecule has 0 unspecified atom stereocenters. The van der Waals surface area contributed by atoms with E-state index in [4.69, 9.17) is 10.2 Å². The topological polar surface area (TPSA) is 98.2 Å². The monoisotopic (exact) mass is 492 g/mol. The molecule has 0 bridgehead atoms. The van der Waals surface area contributed by atoms with E-state index in [9.17, 15) is 14.4 Å². The van der Waals surface area contributed by atoms with Crippen LogP contribution < -0.4 is 0 Å². The van der Waals surface area contributed by atoms with E-state index in [1.807, 2.05) is 14.1 Å². The Morgan fingerprint density at radius 2 is 1.23 bits per heavy atom. The Morgan fingerprint density at radius 3 is 1.57 bits per heavy atom. The molecule has 7 heteroatoms. The molecule has 0 fully saturated rings. The van der Waals surface area contributed by atoms with Crippen molar-refractivity contribution >= 4 is 17.8 Å². The summed E-state index contributed by atoms with van der Waals surface area (Å²) in [5, 5.41) is 17.6. The number of carboxylic acids is 1. The van der Waals surface area contributed by atoms with Crippen molar-refractivity contribution in [3.8, 4) is 0 Å². The molecule has 200 valence electrons. The molecule has 0 heterocycles. The van der Waals surface area contributed by atoms with Gasteiger partial charge in [0.15, 0.2) is 0 Å². The SMILES string of the molecule is CN(C)C(=O)C[C@@]1(CCCC(=O)O)C=CCCC1.CN(C)C(=O)C[C@@]1(CCCCO)C=CCCC1. The molecule has 0 aromatic rings. The zero-order valence-electron chi connectivity index (χ0n) is 22.4. The predicted molar refractivity (Wildman–Crippen MR) is 140 cm³/mol. The standard InChI is InChI=1S/C14H23NO3.C14H25NO2/c1-15(2)12(16)11-14(8-4-3-5-9-14)10-6-7-13(17)18;1-15(2)13(17)12-14(10-6-7-11-16)8-4-3-5-9-14/h4,8H,3,5-7,9-11H2,1-2H3,(H,17,18);4,8,16H,3,5-7,9-12H2,1-2H3/t2*14-/m00/s1. The van der Waals surface area contributed by atoms with E-state index in [0.717, 1.165) is 57.8 Å². The highest BCUT2D eigenvalue weighted by Gasteiger charge is 2.32. The fourth-order valence-electron chi connectivity index (χ4n) is 4.96. The van der Waals surface area contributed by atoms with Gasteiger partial charge in [-0.15, -0.1) is 0 Å². The summed E-state index contributed by atoms with van der Waals surface area (Å²) in [5.74, 6) is -0.429. The Balaban J connectivity index is 0.000000351. The van der Waals surface area contributed by atoms with Gasteiger partial charge in [-0.05, 0) is 75.0 Å². The van der Waals surface area contributed by atoms with E-state index in [-0.39, 0.29) is 35.7 Å². The van der Waals surface area contributed by atoms with E-state index in [0.29, 0.717) is 19.3 Å². The summed E-state index contributed by atoms with van der Waals surface area (Å²) in [6.07, 6.45) is 20.9. The number of hydrogen-bond acceptors (Lipinski definition) is 4. The minimum Gasteiger partial charge on any atom is -0.481 e. The molecule has 0 radical (unpaired) electrons. The van der Waals surface area contributed by atoms with Crippen LogP contribution in [0.3, 0.4) is 0 Å². The van der Waals surface area contributed by atoms with Gasteiger partial charge in [0.2, 0.25) is 11.8 Å². The van der Waals surface area contributed by atoms with Gasteiger partial charge in [-0.25, -0.2) is 0 Å². The molecule has 7 nitrogen and oxygen atoms in total. The molecule has 2 aliphatic rings. The molecule has 0 saturated carbocycles. The first-order valence-electron chi connectivity index (χ1n) is 13.1. The molecule has 2 N–H and O–H groups in total. The maximum Gasteiger partial charge on any atom is 0.303 e. The van der Waals surface area contributed by atoms with E-state index < -0.39 is 5.97 Å². The molecular weight excluding hydrogens is 444 g/mol. The molecular formula is C28H48N2O5. The second-order valence-corrected chi connectivity index (χ2v) is 10.7. The van der Waals surface area contributed by atoms with Crippen LogP contribution in [0.15, 0.2) is 24.3 Å². The van der Waals surface area contributed by atoms with Crippen LogP contribution in [0.1, 0.15) is 89.9 Å². The summed E-state index contributed by atoms with van der Waals surface area (Å²) >= 11 is 0. The number of carbonyl (C=O) groups excluding carboxylic acids is 2. The summed E-state index contributed by atoms with van der Waals surface area (Å²) in [5.41, 5.74) is -0.0656. The highest BCUT2D eigenvalue weighted by Crippen LogP contribution is 2.40. The van der Waals surface area contributed by atoms with E-state index in [2.05, 4.69) is 24.3 Å². The first kappa shape index (κ1) is 30.9.